The summed E-state index contributed by atoms with van der Waals surface area (Å²) in [7, 11) is 4.50. The quantitative estimate of drug-likeness (QED) is 0.280. The molecule has 4 atom stereocenters. The number of aldehydes is 1. The van der Waals surface area contributed by atoms with Crippen LogP contribution >= 0.6 is 0 Å². The summed E-state index contributed by atoms with van der Waals surface area (Å²) in [6.45, 7) is 9.61. The second-order valence-corrected chi connectivity index (χ2v) is 8.32. The Bertz CT molecular complexity index is 730. The maximum atomic E-state index is 12.3. The molecule has 1 aliphatic carbocycles. The van der Waals surface area contributed by atoms with Gasteiger partial charge in [-0.2, -0.15) is 0 Å². The molecule has 1 saturated heterocycles. The van der Waals surface area contributed by atoms with E-state index in [1.807, 2.05) is 6.92 Å². The number of ether oxygens (including phenoxy) is 1. The molecule has 164 valence electrons. The maximum absolute atomic E-state index is 12.3. The van der Waals surface area contributed by atoms with Gasteiger partial charge in [0.05, 0.1) is 37.8 Å². The molecule has 0 spiro atoms. The van der Waals surface area contributed by atoms with Gasteiger partial charge in [0.25, 0.3) is 0 Å². The third-order valence-corrected chi connectivity index (χ3v) is 5.74. The molecular formula is C24H35BO5. The van der Waals surface area contributed by atoms with Gasteiger partial charge in [-0.05, 0) is 65.9 Å². The first-order chi connectivity index (χ1) is 14.2. The van der Waals surface area contributed by atoms with Crippen LogP contribution in [0.15, 0.2) is 46.8 Å². The number of carbonyl (C=O) groups excluding carboxylic acids is 2. The minimum atomic E-state index is -0.849. The lowest BCUT2D eigenvalue weighted by atomic mass is 9.73. The SMILES string of the molecule is CC(C)=CCC/C(C)=C/CC[C@]1(C)OC2/C(=C\O)C(C=O)=CC(=O)C2C[C@@H]1O.[B]C. The van der Waals surface area contributed by atoms with Crippen LogP contribution < -0.4 is 0 Å². The molecular weight excluding hydrogens is 379 g/mol. The van der Waals surface area contributed by atoms with Gasteiger partial charge in [-0.1, -0.05) is 30.1 Å². The molecule has 2 N–H and O–H groups in total. The number of aliphatic hydroxyl groups excluding tert-OH is 2. The smallest absolute Gasteiger partial charge is 0.162 e. The van der Waals surface area contributed by atoms with Gasteiger partial charge in [0, 0.05) is 11.1 Å². The average molecular weight is 414 g/mol. The van der Waals surface area contributed by atoms with Crippen LogP contribution in [0.3, 0.4) is 0 Å². The fraction of sp³-hybridized carbons (Fsp3) is 0.583. The predicted molar refractivity (Wildman–Crippen MR) is 121 cm³/mol. The molecule has 30 heavy (non-hydrogen) atoms. The van der Waals surface area contributed by atoms with E-state index in [4.69, 9.17) is 4.74 Å². The standard InChI is InChI=1S/C23H32O5.CH3B/c1-15(2)7-5-8-16(3)9-6-10-23(4)21(27)12-18-20(26)11-17(13-24)19(14-25)22(18)28-23;1-2/h7,9,11,13-14,18,21-22,25,27H,5-6,8,10,12H2,1-4H3;1H3/b16-9+,19-14-;/t18?,21-,22?,23-;/m0./s1. The second kappa shape index (κ2) is 12.1. The molecule has 1 fully saturated rings. The first-order valence-electron chi connectivity index (χ1n) is 10.5. The highest BCUT2D eigenvalue weighted by molar-refractivity contribution is 6.05. The highest BCUT2D eigenvalue weighted by Gasteiger charge is 2.50. The lowest BCUT2D eigenvalue weighted by molar-refractivity contribution is -0.194. The van der Waals surface area contributed by atoms with Gasteiger partial charge in [-0.15, -0.1) is 0 Å². The van der Waals surface area contributed by atoms with Gasteiger partial charge in [0.1, 0.15) is 0 Å². The van der Waals surface area contributed by atoms with E-state index in [2.05, 4.69) is 40.8 Å². The zero-order chi connectivity index (χ0) is 22.9. The molecule has 0 aromatic rings. The van der Waals surface area contributed by atoms with Gasteiger partial charge >= 0.3 is 0 Å². The third-order valence-electron chi connectivity index (χ3n) is 5.74. The Kier molecular flexibility index (Phi) is 10.5. The van der Waals surface area contributed by atoms with Crippen molar-refractivity contribution in [2.45, 2.75) is 84.4 Å². The van der Waals surface area contributed by atoms with E-state index in [0.717, 1.165) is 25.5 Å². The minimum absolute atomic E-state index is 0.141. The van der Waals surface area contributed by atoms with Gasteiger partial charge in [-0.3, -0.25) is 9.59 Å². The number of rotatable bonds is 7. The zero-order valence-electron chi connectivity index (χ0n) is 18.9. The summed E-state index contributed by atoms with van der Waals surface area (Å²) in [6, 6.07) is 0. The summed E-state index contributed by atoms with van der Waals surface area (Å²) >= 11 is 0. The van der Waals surface area contributed by atoms with Crippen LogP contribution in [0.2, 0.25) is 6.82 Å². The summed E-state index contributed by atoms with van der Waals surface area (Å²) in [4.78, 5) is 23.6. The van der Waals surface area contributed by atoms with Crippen molar-refractivity contribution in [2.24, 2.45) is 5.92 Å². The number of aliphatic hydroxyl groups is 2. The van der Waals surface area contributed by atoms with Crippen LogP contribution in [-0.4, -0.2) is 47.9 Å². The third kappa shape index (κ3) is 6.54. The topological polar surface area (TPSA) is 83.8 Å². The Morgan fingerprint density at radius 3 is 2.50 bits per heavy atom. The van der Waals surface area contributed by atoms with E-state index in [1.165, 1.54) is 24.0 Å². The molecule has 5 nitrogen and oxygen atoms in total. The van der Waals surface area contributed by atoms with E-state index in [0.29, 0.717) is 18.3 Å². The normalized spacial score (nSPS) is 30.0. The summed E-state index contributed by atoms with van der Waals surface area (Å²) in [6.07, 6.45) is 9.10. The van der Waals surface area contributed by atoms with Crippen LogP contribution in [0.5, 0.6) is 0 Å². The van der Waals surface area contributed by atoms with E-state index in [1.54, 1.807) is 0 Å². The molecule has 2 aliphatic rings. The Morgan fingerprint density at radius 1 is 1.27 bits per heavy atom. The number of hydrogen-bond donors (Lipinski definition) is 2. The highest BCUT2D eigenvalue weighted by atomic mass is 16.5. The van der Waals surface area contributed by atoms with Crippen molar-refractivity contribution in [3.8, 4) is 0 Å². The molecule has 0 saturated carbocycles. The van der Waals surface area contributed by atoms with Crippen molar-refractivity contribution in [1.29, 1.82) is 0 Å². The highest BCUT2D eigenvalue weighted by Crippen LogP contribution is 2.42. The lowest BCUT2D eigenvalue weighted by Gasteiger charge is -2.47. The minimum Gasteiger partial charge on any atom is -0.515 e. The summed E-state index contributed by atoms with van der Waals surface area (Å²) in [5.41, 5.74) is 2.21. The van der Waals surface area contributed by atoms with Crippen molar-refractivity contribution >= 4 is 19.9 Å². The molecule has 2 radical (unpaired) electrons. The van der Waals surface area contributed by atoms with Crippen molar-refractivity contribution < 1.29 is 24.5 Å². The summed E-state index contributed by atoms with van der Waals surface area (Å²) in [5, 5.41) is 20.3. The Morgan fingerprint density at radius 2 is 1.93 bits per heavy atom. The zero-order valence-corrected chi connectivity index (χ0v) is 18.9. The van der Waals surface area contributed by atoms with Crippen LogP contribution in [0.25, 0.3) is 0 Å². The van der Waals surface area contributed by atoms with Crippen molar-refractivity contribution in [3.05, 3.63) is 46.8 Å². The van der Waals surface area contributed by atoms with E-state index >= 15 is 0 Å². The second-order valence-electron chi connectivity index (χ2n) is 8.32. The van der Waals surface area contributed by atoms with Crippen LogP contribution in [-0.2, 0) is 14.3 Å². The summed E-state index contributed by atoms with van der Waals surface area (Å²) in [5.74, 6) is -0.819. The average Bonchev–Trinajstić information content (AvgIpc) is 2.70. The Balaban J connectivity index is 0.00000218. The van der Waals surface area contributed by atoms with Crippen LogP contribution in [0, 0.1) is 5.92 Å². The Hall–Kier alpha value is -1.92. The monoisotopic (exact) mass is 414 g/mol. The number of ketones is 1. The predicted octanol–water partition coefficient (Wildman–Crippen LogP) is 4.34. The van der Waals surface area contributed by atoms with E-state index < -0.39 is 23.7 Å². The maximum Gasteiger partial charge on any atom is 0.162 e. The molecule has 6 heteroatoms. The molecule has 2 unspecified atom stereocenters. The number of hydrogen-bond acceptors (Lipinski definition) is 5. The van der Waals surface area contributed by atoms with Gasteiger partial charge in [-0.25, -0.2) is 0 Å². The summed E-state index contributed by atoms with van der Waals surface area (Å²) < 4.78 is 6.15. The van der Waals surface area contributed by atoms with E-state index in [-0.39, 0.29) is 17.8 Å². The van der Waals surface area contributed by atoms with Gasteiger partial charge in [0.15, 0.2) is 12.1 Å². The van der Waals surface area contributed by atoms with Crippen molar-refractivity contribution in [1.82, 2.24) is 0 Å². The largest absolute Gasteiger partial charge is 0.515 e. The van der Waals surface area contributed by atoms with Crippen LogP contribution in [0.1, 0.15) is 59.8 Å². The lowest BCUT2D eigenvalue weighted by Crippen LogP contribution is -2.55. The molecule has 2 rings (SSSR count). The molecule has 0 aromatic carbocycles. The fourth-order valence-electron chi connectivity index (χ4n) is 3.89. The number of carbonyl (C=O) groups is 2. The molecule has 0 aromatic heterocycles. The van der Waals surface area contributed by atoms with E-state index in [9.17, 15) is 19.8 Å². The first kappa shape index (κ1) is 26.1. The number of fused-ring (bicyclic) bond motifs is 1. The van der Waals surface area contributed by atoms with Gasteiger partial charge in [0.2, 0.25) is 0 Å². The van der Waals surface area contributed by atoms with Crippen molar-refractivity contribution in [2.75, 3.05) is 0 Å². The molecule has 1 heterocycles. The van der Waals surface area contributed by atoms with Crippen molar-refractivity contribution in [3.63, 3.8) is 0 Å². The molecule has 0 bridgehead atoms. The van der Waals surface area contributed by atoms with Crippen LogP contribution in [0.4, 0.5) is 0 Å². The fourth-order valence-corrected chi connectivity index (χ4v) is 3.89. The van der Waals surface area contributed by atoms with Gasteiger partial charge < -0.3 is 14.9 Å². The number of allylic oxidation sites excluding steroid dienone is 5. The first-order valence-corrected chi connectivity index (χ1v) is 10.5. The molecule has 1 aliphatic heterocycles. The molecule has 0 amide bonds. The Labute approximate surface area is 182 Å².